The average molecular weight is 297 g/mol. The number of nitrogens with one attached hydrogen (secondary N) is 1. The number of piperazine rings is 1. The maximum absolute atomic E-state index is 8.95. The van der Waals surface area contributed by atoms with Gasteiger partial charge in [0.05, 0.1) is 30.1 Å². The van der Waals surface area contributed by atoms with Crippen LogP contribution < -0.4 is 5.32 Å². The summed E-state index contributed by atoms with van der Waals surface area (Å²) in [6.07, 6.45) is 0.521. The lowest BCUT2D eigenvalue weighted by atomic mass is 10.1. The second kappa shape index (κ2) is 6.47. The van der Waals surface area contributed by atoms with Crippen molar-refractivity contribution in [1.82, 2.24) is 19.8 Å². The maximum Gasteiger partial charge on any atom is 0.124 e. The summed E-state index contributed by atoms with van der Waals surface area (Å²) in [5, 5.41) is 12.3. The van der Waals surface area contributed by atoms with E-state index in [0.717, 1.165) is 56.1 Å². The van der Waals surface area contributed by atoms with E-state index in [2.05, 4.69) is 46.8 Å². The third-order valence-corrected chi connectivity index (χ3v) is 4.46. The Balaban J connectivity index is 1.97. The minimum absolute atomic E-state index is 0.521. The largest absolute Gasteiger partial charge is 0.326 e. The first-order chi connectivity index (χ1) is 10.7. The molecule has 2 aromatic rings. The molecule has 1 N–H and O–H groups in total. The Hall–Kier alpha value is -1.90. The van der Waals surface area contributed by atoms with Gasteiger partial charge in [-0.2, -0.15) is 5.26 Å². The number of rotatable bonds is 4. The Morgan fingerprint density at radius 3 is 2.68 bits per heavy atom. The molecule has 0 atom stereocenters. The predicted molar refractivity (Wildman–Crippen MR) is 87.6 cm³/mol. The van der Waals surface area contributed by atoms with Crippen molar-refractivity contribution >= 4 is 11.0 Å². The summed E-state index contributed by atoms with van der Waals surface area (Å²) in [5.41, 5.74) is 4.75. The van der Waals surface area contributed by atoms with E-state index >= 15 is 0 Å². The quantitative estimate of drug-likeness (QED) is 0.937. The van der Waals surface area contributed by atoms with Crippen molar-refractivity contribution in [2.24, 2.45) is 0 Å². The number of fused-ring (bicyclic) bond motifs is 1. The zero-order valence-electron chi connectivity index (χ0n) is 13.4. The SMILES string of the molecule is Cc1cc2nc(CN3CCNCC3)n(CCC#N)c2cc1C. The Morgan fingerprint density at radius 1 is 1.23 bits per heavy atom. The second-order valence-electron chi connectivity index (χ2n) is 6.04. The van der Waals surface area contributed by atoms with Crippen LogP contribution in [0.3, 0.4) is 0 Å². The molecule has 1 aliphatic heterocycles. The van der Waals surface area contributed by atoms with Crippen LogP contribution in [0.4, 0.5) is 0 Å². The number of benzene rings is 1. The molecule has 1 fully saturated rings. The van der Waals surface area contributed by atoms with Crippen molar-refractivity contribution in [1.29, 1.82) is 5.26 Å². The van der Waals surface area contributed by atoms with Gasteiger partial charge in [-0.05, 0) is 37.1 Å². The van der Waals surface area contributed by atoms with Crippen LogP contribution in [-0.2, 0) is 13.1 Å². The van der Waals surface area contributed by atoms with Crippen LogP contribution in [0.5, 0.6) is 0 Å². The Bertz CT molecular complexity index is 704. The van der Waals surface area contributed by atoms with E-state index in [1.165, 1.54) is 11.1 Å². The molecule has 0 spiro atoms. The van der Waals surface area contributed by atoms with Crippen LogP contribution in [0.1, 0.15) is 23.4 Å². The first-order valence-electron chi connectivity index (χ1n) is 7.95. The fraction of sp³-hybridized carbons (Fsp3) is 0.529. The summed E-state index contributed by atoms with van der Waals surface area (Å²) in [6.45, 7) is 10.0. The van der Waals surface area contributed by atoms with Gasteiger partial charge in [0.15, 0.2) is 0 Å². The molecule has 116 valence electrons. The normalized spacial score (nSPS) is 16.0. The van der Waals surface area contributed by atoms with Crippen molar-refractivity contribution < 1.29 is 0 Å². The lowest BCUT2D eigenvalue weighted by Gasteiger charge is -2.26. The maximum atomic E-state index is 8.95. The summed E-state index contributed by atoms with van der Waals surface area (Å²) in [4.78, 5) is 7.28. The van der Waals surface area contributed by atoms with Crippen LogP contribution in [0.25, 0.3) is 11.0 Å². The topological polar surface area (TPSA) is 56.9 Å². The van der Waals surface area contributed by atoms with E-state index in [1.54, 1.807) is 0 Å². The van der Waals surface area contributed by atoms with Crippen molar-refractivity contribution in [3.05, 3.63) is 29.1 Å². The average Bonchev–Trinajstić information content (AvgIpc) is 2.83. The third-order valence-electron chi connectivity index (χ3n) is 4.46. The zero-order chi connectivity index (χ0) is 15.5. The van der Waals surface area contributed by atoms with Crippen molar-refractivity contribution in [3.63, 3.8) is 0 Å². The second-order valence-corrected chi connectivity index (χ2v) is 6.04. The lowest BCUT2D eigenvalue weighted by Crippen LogP contribution is -2.43. The van der Waals surface area contributed by atoms with Crippen LogP contribution in [-0.4, -0.2) is 40.6 Å². The molecule has 0 radical (unpaired) electrons. The molecule has 3 rings (SSSR count). The van der Waals surface area contributed by atoms with Crippen LogP contribution >= 0.6 is 0 Å². The molecule has 1 saturated heterocycles. The molecule has 2 heterocycles. The van der Waals surface area contributed by atoms with Crippen LogP contribution in [0.2, 0.25) is 0 Å². The van der Waals surface area contributed by atoms with E-state index in [9.17, 15) is 0 Å². The fourth-order valence-electron chi connectivity index (χ4n) is 3.03. The van der Waals surface area contributed by atoms with Gasteiger partial charge < -0.3 is 9.88 Å². The minimum Gasteiger partial charge on any atom is -0.326 e. The van der Waals surface area contributed by atoms with Gasteiger partial charge in [-0.3, -0.25) is 4.90 Å². The summed E-state index contributed by atoms with van der Waals surface area (Å²) in [5.74, 6) is 1.08. The van der Waals surface area contributed by atoms with Gasteiger partial charge in [-0.1, -0.05) is 0 Å². The Labute approximate surface area is 131 Å². The molecule has 22 heavy (non-hydrogen) atoms. The number of aryl methyl sites for hydroxylation is 3. The van der Waals surface area contributed by atoms with E-state index in [1.807, 2.05) is 0 Å². The third kappa shape index (κ3) is 2.99. The van der Waals surface area contributed by atoms with Crippen LogP contribution in [0.15, 0.2) is 12.1 Å². The number of imidazole rings is 1. The molecule has 1 aromatic carbocycles. The number of aromatic nitrogens is 2. The molecule has 0 bridgehead atoms. The Kier molecular flexibility index (Phi) is 4.41. The van der Waals surface area contributed by atoms with E-state index < -0.39 is 0 Å². The van der Waals surface area contributed by atoms with E-state index in [0.29, 0.717) is 6.42 Å². The minimum atomic E-state index is 0.521. The summed E-state index contributed by atoms with van der Waals surface area (Å²) < 4.78 is 2.23. The highest BCUT2D eigenvalue weighted by molar-refractivity contribution is 5.78. The van der Waals surface area contributed by atoms with Gasteiger partial charge in [0.1, 0.15) is 5.82 Å². The molecule has 0 amide bonds. The highest BCUT2D eigenvalue weighted by atomic mass is 15.2. The molecule has 0 unspecified atom stereocenters. The van der Waals surface area contributed by atoms with Gasteiger partial charge in [0.25, 0.3) is 0 Å². The first-order valence-corrected chi connectivity index (χ1v) is 7.95. The standard InChI is InChI=1S/C17H23N5/c1-13-10-15-16(11-14(13)2)22(7-3-4-18)17(20-15)12-21-8-5-19-6-9-21/h10-11,19H,3,5-9,12H2,1-2H3. The molecular weight excluding hydrogens is 274 g/mol. The van der Waals surface area contributed by atoms with Crippen molar-refractivity contribution in [2.75, 3.05) is 26.2 Å². The van der Waals surface area contributed by atoms with Gasteiger partial charge in [0.2, 0.25) is 0 Å². The lowest BCUT2D eigenvalue weighted by molar-refractivity contribution is 0.225. The molecular formula is C17H23N5. The molecule has 5 heteroatoms. The summed E-state index contributed by atoms with van der Waals surface area (Å²) in [7, 11) is 0. The number of nitrogens with zero attached hydrogens (tertiary/aromatic N) is 4. The highest BCUT2D eigenvalue weighted by Gasteiger charge is 2.16. The monoisotopic (exact) mass is 297 g/mol. The van der Waals surface area contributed by atoms with Gasteiger partial charge >= 0.3 is 0 Å². The smallest absolute Gasteiger partial charge is 0.124 e. The van der Waals surface area contributed by atoms with Crippen LogP contribution in [0, 0.1) is 25.2 Å². The molecule has 1 aromatic heterocycles. The van der Waals surface area contributed by atoms with E-state index in [-0.39, 0.29) is 0 Å². The highest BCUT2D eigenvalue weighted by Crippen LogP contribution is 2.22. The van der Waals surface area contributed by atoms with Crippen molar-refractivity contribution in [3.8, 4) is 6.07 Å². The number of hydrogen-bond acceptors (Lipinski definition) is 4. The fourth-order valence-corrected chi connectivity index (χ4v) is 3.03. The number of nitriles is 1. The van der Waals surface area contributed by atoms with Gasteiger partial charge in [-0.15, -0.1) is 0 Å². The molecule has 0 aliphatic carbocycles. The van der Waals surface area contributed by atoms with Gasteiger partial charge in [0, 0.05) is 32.7 Å². The predicted octanol–water partition coefficient (Wildman–Crippen LogP) is 1.97. The zero-order valence-corrected chi connectivity index (χ0v) is 13.4. The Morgan fingerprint density at radius 2 is 1.95 bits per heavy atom. The first kappa shape index (κ1) is 15.0. The van der Waals surface area contributed by atoms with Gasteiger partial charge in [-0.25, -0.2) is 4.98 Å². The molecule has 1 aliphatic rings. The number of hydrogen-bond donors (Lipinski definition) is 1. The summed E-state index contributed by atoms with van der Waals surface area (Å²) >= 11 is 0. The molecule has 5 nitrogen and oxygen atoms in total. The van der Waals surface area contributed by atoms with Crippen molar-refractivity contribution in [2.45, 2.75) is 33.4 Å². The van der Waals surface area contributed by atoms with E-state index in [4.69, 9.17) is 10.2 Å². The summed E-state index contributed by atoms with van der Waals surface area (Å²) in [6, 6.07) is 6.62. The molecule has 0 saturated carbocycles.